The number of hydrogen-bond acceptors (Lipinski definition) is 4. The van der Waals surface area contributed by atoms with E-state index in [9.17, 15) is 5.11 Å². The Hall–Kier alpha value is -2.04. The third-order valence-electron chi connectivity index (χ3n) is 3.28. The summed E-state index contributed by atoms with van der Waals surface area (Å²) in [5.41, 5.74) is 7.62. The molecule has 0 bridgehead atoms. The van der Waals surface area contributed by atoms with Crippen LogP contribution in [0.1, 0.15) is 23.3 Å². The summed E-state index contributed by atoms with van der Waals surface area (Å²) in [5.74, 6) is 1.24. The molecule has 0 amide bonds. The van der Waals surface area contributed by atoms with E-state index in [-0.39, 0.29) is 0 Å². The van der Waals surface area contributed by atoms with Crippen molar-refractivity contribution in [2.75, 3.05) is 14.2 Å². The van der Waals surface area contributed by atoms with E-state index in [2.05, 4.69) is 0 Å². The highest BCUT2D eigenvalue weighted by Gasteiger charge is 2.22. The highest BCUT2D eigenvalue weighted by molar-refractivity contribution is 5.43. The van der Waals surface area contributed by atoms with Gasteiger partial charge < -0.3 is 20.3 Å². The van der Waals surface area contributed by atoms with E-state index in [4.69, 9.17) is 15.2 Å². The normalized spacial score (nSPS) is 13.6. The lowest BCUT2D eigenvalue weighted by molar-refractivity contribution is 0.143. The largest absolute Gasteiger partial charge is 0.497 e. The molecule has 2 unspecified atom stereocenters. The zero-order valence-corrected chi connectivity index (χ0v) is 11.6. The molecule has 4 nitrogen and oxygen atoms in total. The molecule has 2 aromatic rings. The van der Waals surface area contributed by atoms with Gasteiger partial charge in [-0.2, -0.15) is 0 Å². The Labute approximate surface area is 118 Å². The number of hydrogen-bond donors (Lipinski definition) is 2. The summed E-state index contributed by atoms with van der Waals surface area (Å²) in [7, 11) is 3.14. The van der Waals surface area contributed by atoms with Gasteiger partial charge in [0, 0.05) is 5.56 Å². The van der Waals surface area contributed by atoms with Gasteiger partial charge in [0.2, 0.25) is 0 Å². The Morgan fingerprint density at radius 2 is 1.70 bits per heavy atom. The molecule has 0 aliphatic rings. The van der Waals surface area contributed by atoms with Gasteiger partial charge in [-0.1, -0.05) is 30.3 Å². The Morgan fingerprint density at radius 3 is 2.30 bits per heavy atom. The molecular weight excluding hydrogens is 254 g/mol. The first-order chi connectivity index (χ1) is 9.67. The summed E-state index contributed by atoms with van der Waals surface area (Å²) in [6.45, 7) is 0. The molecule has 2 rings (SSSR count). The van der Waals surface area contributed by atoms with Crippen molar-refractivity contribution in [3.05, 3.63) is 59.7 Å². The van der Waals surface area contributed by atoms with Gasteiger partial charge in [0.1, 0.15) is 17.6 Å². The van der Waals surface area contributed by atoms with Crippen LogP contribution in [0.3, 0.4) is 0 Å². The first-order valence-electron chi connectivity index (χ1n) is 6.38. The van der Waals surface area contributed by atoms with Crippen molar-refractivity contribution in [1.82, 2.24) is 0 Å². The molecule has 0 aliphatic carbocycles. The third kappa shape index (κ3) is 2.92. The van der Waals surface area contributed by atoms with Crippen LogP contribution in [0.2, 0.25) is 0 Å². The van der Waals surface area contributed by atoms with Crippen LogP contribution in [0, 0.1) is 0 Å². The zero-order chi connectivity index (χ0) is 14.5. The Balaban J connectivity index is 2.34. The van der Waals surface area contributed by atoms with Crippen LogP contribution in [0.25, 0.3) is 0 Å². The van der Waals surface area contributed by atoms with Crippen LogP contribution in [-0.4, -0.2) is 19.3 Å². The SMILES string of the molecule is COc1ccc(OC)c(C(O)C(N)c2ccccc2)c1. The van der Waals surface area contributed by atoms with Gasteiger partial charge in [0.15, 0.2) is 0 Å². The van der Waals surface area contributed by atoms with E-state index >= 15 is 0 Å². The minimum Gasteiger partial charge on any atom is -0.497 e. The number of nitrogens with two attached hydrogens (primary N) is 1. The van der Waals surface area contributed by atoms with Crippen molar-refractivity contribution < 1.29 is 14.6 Å². The highest BCUT2D eigenvalue weighted by atomic mass is 16.5. The molecule has 3 N–H and O–H groups in total. The first-order valence-corrected chi connectivity index (χ1v) is 6.38. The van der Waals surface area contributed by atoms with Crippen molar-refractivity contribution >= 4 is 0 Å². The fraction of sp³-hybridized carbons (Fsp3) is 0.250. The molecule has 106 valence electrons. The molecule has 2 atom stereocenters. The molecule has 4 heteroatoms. The predicted octanol–water partition coefficient (Wildman–Crippen LogP) is 2.44. The van der Waals surface area contributed by atoms with Gasteiger partial charge in [-0.15, -0.1) is 0 Å². The minimum atomic E-state index is -0.873. The zero-order valence-electron chi connectivity index (χ0n) is 11.6. The molecule has 0 saturated heterocycles. The van der Waals surface area contributed by atoms with E-state index in [0.29, 0.717) is 17.1 Å². The monoisotopic (exact) mass is 273 g/mol. The Morgan fingerprint density at radius 1 is 1.00 bits per heavy atom. The smallest absolute Gasteiger partial charge is 0.125 e. The summed E-state index contributed by atoms with van der Waals surface area (Å²) in [6, 6.07) is 14.2. The Kier molecular flexibility index (Phi) is 4.61. The maximum absolute atomic E-state index is 10.5. The van der Waals surface area contributed by atoms with Gasteiger partial charge in [0.25, 0.3) is 0 Å². The summed E-state index contributed by atoms with van der Waals surface area (Å²) < 4.78 is 10.5. The third-order valence-corrected chi connectivity index (χ3v) is 3.28. The number of benzene rings is 2. The number of aliphatic hydroxyl groups is 1. The standard InChI is InChI=1S/C16H19NO3/c1-19-12-8-9-14(20-2)13(10-12)16(18)15(17)11-6-4-3-5-7-11/h3-10,15-16,18H,17H2,1-2H3. The van der Waals surface area contributed by atoms with Crippen molar-refractivity contribution in [3.8, 4) is 11.5 Å². The highest BCUT2D eigenvalue weighted by Crippen LogP contribution is 2.35. The quantitative estimate of drug-likeness (QED) is 0.878. The molecule has 20 heavy (non-hydrogen) atoms. The van der Waals surface area contributed by atoms with Gasteiger partial charge in [0.05, 0.1) is 20.3 Å². The van der Waals surface area contributed by atoms with Crippen LogP contribution in [0.15, 0.2) is 48.5 Å². The Bertz CT molecular complexity index is 557. The fourth-order valence-corrected chi connectivity index (χ4v) is 2.12. The van der Waals surface area contributed by atoms with E-state index in [1.807, 2.05) is 30.3 Å². The van der Waals surface area contributed by atoms with Gasteiger partial charge >= 0.3 is 0 Å². The molecule has 0 aromatic heterocycles. The van der Waals surface area contributed by atoms with Crippen LogP contribution in [0.5, 0.6) is 11.5 Å². The average molecular weight is 273 g/mol. The molecule has 0 aliphatic heterocycles. The average Bonchev–Trinajstić information content (AvgIpc) is 2.53. The molecule has 0 spiro atoms. The lowest BCUT2D eigenvalue weighted by Crippen LogP contribution is -2.20. The van der Waals surface area contributed by atoms with Crippen LogP contribution in [-0.2, 0) is 0 Å². The molecule has 0 fully saturated rings. The number of methoxy groups -OCH3 is 2. The van der Waals surface area contributed by atoms with Crippen LogP contribution >= 0.6 is 0 Å². The molecule has 0 heterocycles. The fourth-order valence-electron chi connectivity index (χ4n) is 2.12. The van der Waals surface area contributed by atoms with Crippen molar-refractivity contribution in [1.29, 1.82) is 0 Å². The van der Waals surface area contributed by atoms with Crippen molar-refractivity contribution in [3.63, 3.8) is 0 Å². The summed E-state index contributed by atoms with van der Waals surface area (Å²) >= 11 is 0. The van der Waals surface area contributed by atoms with Gasteiger partial charge in [-0.05, 0) is 23.8 Å². The maximum Gasteiger partial charge on any atom is 0.125 e. The maximum atomic E-state index is 10.5. The summed E-state index contributed by atoms with van der Waals surface area (Å²) in [6.07, 6.45) is -0.873. The number of ether oxygens (including phenoxy) is 2. The molecule has 0 radical (unpaired) electrons. The predicted molar refractivity (Wildman–Crippen MR) is 77.9 cm³/mol. The number of aliphatic hydroxyl groups excluding tert-OH is 1. The van der Waals surface area contributed by atoms with E-state index in [1.54, 1.807) is 32.4 Å². The summed E-state index contributed by atoms with van der Waals surface area (Å²) in [4.78, 5) is 0. The van der Waals surface area contributed by atoms with Crippen LogP contribution < -0.4 is 15.2 Å². The lowest BCUT2D eigenvalue weighted by atomic mass is 9.96. The number of rotatable bonds is 5. The second kappa shape index (κ2) is 6.41. The second-order valence-electron chi connectivity index (χ2n) is 4.49. The summed E-state index contributed by atoms with van der Waals surface area (Å²) in [5, 5.41) is 10.5. The van der Waals surface area contributed by atoms with Crippen molar-refractivity contribution in [2.24, 2.45) is 5.73 Å². The van der Waals surface area contributed by atoms with Gasteiger partial charge in [-0.25, -0.2) is 0 Å². The van der Waals surface area contributed by atoms with Crippen molar-refractivity contribution in [2.45, 2.75) is 12.1 Å². The molecule has 2 aromatic carbocycles. The molecular formula is C16H19NO3. The van der Waals surface area contributed by atoms with E-state index in [0.717, 1.165) is 5.56 Å². The second-order valence-corrected chi connectivity index (χ2v) is 4.49. The van der Waals surface area contributed by atoms with E-state index in [1.165, 1.54) is 0 Å². The van der Waals surface area contributed by atoms with Crippen LogP contribution in [0.4, 0.5) is 0 Å². The van der Waals surface area contributed by atoms with Gasteiger partial charge in [-0.3, -0.25) is 0 Å². The lowest BCUT2D eigenvalue weighted by Gasteiger charge is -2.22. The molecule has 0 saturated carbocycles. The minimum absolute atomic E-state index is 0.530. The van der Waals surface area contributed by atoms with E-state index < -0.39 is 12.1 Å². The first kappa shape index (κ1) is 14.4. The topological polar surface area (TPSA) is 64.7 Å².